The molecular formula is C34H30Cl2N6O5. The molecule has 4 atom stereocenters. The van der Waals surface area contributed by atoms with Gasteiger partial charge in [0.1, 0.15) is 18.0 Å². The van der Waals surface area contributed by atoms with Crippen molar-refractivity contribution in [3.8, 4) is 11.5 Å². The van der Waals surface area contributed by atoms with Crippen LogP contribution in [-0.4, -0.2) is 66.3 Å². The minimum Gasteiger partial charge on any atom is -0.497 e. The number of methoxy groups -OCH3 is 2. The zero-order chi connectivity index (χ0) is 32.8. The topological polar surface area (TPSA) is 116 Å². The molecule has 3 aromatic rings. The van der Waals surface area contributed by atoms with E-state index < -0.39 is 23.9 Å². The summed E-state index contributed by atoms with van der Waals surface area (Å²) in [5.74, 6) is -0.0890. The summed E-state index contributed by atoms with van der Waals surface area (Å²) in [5, 5.41) is 16.4. The van der Waals surface area contributed by atoms with Gasteiger partial charge in [-0.25, -0.2) is 9.91 Å². The normalized spacial score (nSPS) is 24.1. The van der Waals surface area contributed by atoms with Crippen molar-refractivity contribution >= 4 is 58.4 Å². The van der Waals surface area contributed by atoms with Gasteiger partial charge in [-0.15, -0.1) is 0 Å². The van der Waals surface area contributed by atoms with Gasteiger partial charge in [-0.1, -0.05) is 52.7 Å². The van der Waals surface area contributed by atoms with Gasteiger partial charge < -0.3 is 9.47 Å². The summed E-state index contributed by atoms with van der Waals surface area (Å²) >= 11 is 12.4. The molecule has 2 fully saturated rings. The Hall–Kier alpha value is -4.74. The molecule has 0 unspecified atom stereocenters. The number of carbonyl (C=O) groups is 3. The van der Waals surface area contributed by atoms with Gasteiger partial charge in [0.2, 0.25) is 0 Å². The highest BCUT2D eigenvalue weighted by Gasteiger charge is 2.56. The first-order chi connectivity index (χ1) is 22.8. The Morgan fingerprint density at radius 1 is 0.936 bits per heavy atom. The fraction of sp³-hybridized carbons (Fsp3) is 0.294. The van der Waals surface area contributed by atoms with E-state index in [1.165, 1.54) is 22.2 Å². The summed E-state index contributed by atoms with van der Waals surface area (Å²) in [7, 11) is 3.24. The first kappa shape index (κ1) is 30.9. The lowest BCUT2D eigenvalue weighted by Crippen LogP contribution is -2.45. The van der Waals surface area contributed by atoms with Gasteiger partial charge in [0.05, 0.1) is 36.7 Å². The first-order valence-electron chi connectivity index (χ1n) is 15.2. The van der Waals surface area contributed by atoms with Crippen molar-refractivity contribution in [3.63, 3.8) is 0 Å². The lowest BCUT2D eigenvalue weighted by molar-refractivity contribution is -0.136. The van der Waals surface area contributed by atoms with Crippen molar-refractivity contribution in [2.24, 2.45) is 21.4 Å². The molecule has 3 aromatic carbocycles. The maximum atomic E-state index is 14.2. The highest BCUT2D eigenvalue weighted by Crippen LogP contribution is 2.45. The second-order valence-corrected chi connectivity index (χ2v) is 12.5. The smallest absolute Gasteiger partial charge is 0.264 e. The zero-order valence-electron chi connectivity index (χ0n) is 25.5. The molecule has 1 aliphatic carbocycles. The van der Waals surface area contributed by atoms with E-state index in [0.717, 1.165) is 52.3 Å². The van der Waals surface area contributed by atoms with Crippen LogP contribution < -0.4 is 14.4 Å². The number of benzene rings is 3. The molecule has 0 aromatic heterocycles. The number of hydrazone groups is 1. The van der Waals surface area contributed by atoms with E-state index in [1.807, 2.05) is 48.5 Å². The molecule has 3 aliphatic heterocycles. The van der Waals surface area contributed by atoms with Crippen LogP contribution >= 0.6 is 23.2 Å². The number of carbonyl (C=O) groups excluding carboxylic acids is 3. The predicted octanol–water partition coefficient (Wildman–Crippen LogP) is 6.13. The van der Waals surface area contributed by atoms with Crippen LogP contribution in [0.3, 0.4) is 0 Å². The Labute approximate surface area is 281 Å². The van der Waals surface area contributed by atoms with E-state index in [4.69, 9.17) is 37.8 Å². The Morgan fingerprint density at radius 3 is 2.32 bits per heavy atom. The van der Waals surface area contributed by atoms with Crippen LogP contribution in [0.5, 0.6) is 11.5 Å². The van der Waals surface area contributed by atoms with Gasteiger partial charge in [-0.05, 0) is 84.5 Å². The molecule has 4 aliphatic rings. The summed E-state index contributed by atoms with van der Waals surface area (Å²) in [4.78, 5) is 42.1. The van der Waals surface area contributed by atoms with Crippen molar-refractivity contribution in [1.82, 2.24) is 10.0 Å². The summed E-state index contributed by atoms with van der Waals surface area (Å²) in [6.45, 7) is -0.306. The molecule has 0 N–H and O–H groups in total. The van der Waals surface area contributed by atoms with E-state index in [9.17, 15) is 14.4 Å². The third kappa shape index (κ3) is 5.53. The number of fused-ring (bicyclic) bond motifs is 2. The minimum atomic E-state index is -1.09. The van der Waals surface area contributed by atoms with Crippen LogP contribution in [0.25, 0.3) is 6.08 Å². The van der Waals surface area contributed by atoms with Gasteiger partial charge in [-0.3, -0.25) is 19.4 Å². The highest BCUT2D eigenvalue weighted by atomic mass is 35.5. The molecular weight excluding hydrogens is 643 g/mol. The number of allylic oxidation sites excluding steroid dienone is 1. The average Bonchev–Trinajstić information content (AvgIpc) is 3.75. The molecule has 3 heterocycles. The van der Waals surface area contributed by atoms with Gasteiger partial charge in [0, 0.05) is 10.9 Å². The zero-order valence-corrected chi connectivity index (χ0v) is 27.1. The van der Waals surface area contributed by atoms with Crippen molar-refractivity contribution in [2.45, 2.75) is 37.4 Å². The second kappa shape index (κ2) is 12.5. The van der Waals surface area contributed by atoms with Gasteiger partial charge in [0.15, 0.2) is 12.1 Å². The van der Waals surface area contributed by atoms with E-state index >= 15 is 0 Å². The van der Waals surface area contributed by atoms with Crippen LogP contribution in [0.15, 0.2) is 87.7 Å². The Morgan fingerprint density at radius 2 is 1.64 bits per heavy atom. The molecule has 13 heteroatoms. The number of hydrogen-bond donors (Lipinski definition) is 0. The quantitative estimate of drug-likeness (QED) is 0.279. The van der Waals surface area contributed by atoms with E-state index in [1.54, 1.807) is 20.3 Å². The number of rotatable bonds is 7. The summed E-state index contributed by atoms with van der Waals surface area (Å²) in [6, 6.07) is 17.4. The standard InChI is InChI=1S/C34H30Cl2N6O5/c1-46-23-11-6-19(7-12-23)16-21-4-3-5-25-29(21)38-42(31(25)20-8-13-24(47-2)14-9-20)28(43)18-40-32-30(37-39-40)33(44)41(34(32)45)27-15-10-22(35)17-26(27)36/h6-17,25,30-32H,3-5,18H2,1-2H3/b21-16-/t25-,30+,31-,32+/m1/s1. The number of hydrogen-bond acceptors (Lipinski definition) is 9. The van der Waals surface area contributed by atoms with Gasteiger partial charge >= 0.3 is 0 Å². The second-order valence-electron chi connectivity index (χ2n) is 11.7. The predicted molar refractivity (Wildman–Crippen MR) is 176 cm³/mol. The molecule has 240 valence electrons. The molecule has 7 rings (SSSR count). The summed E-state index contributed by atoms with van der Waals surface area (Å²) in [5.41, 5.74) is 4.04. The number of anilines is 1. The van der Waals surface area contributed by atoms with Crippen molar-refractivity contribution in [1.29, 1.82) is 0 Å². The minimum absolute atomic E-state index is 0.0456. The number of nitrogens with zero attached hydrogens (tertiary/aromatic N) is 6. The summed E-state index contributed by atoms with van der Waals surface area (Å²) < 4.78 is 10.7. The Kier molecular flexibility index (Phi) is 8.19. The fourth-order valence-electron chi connectivity index (χ4n) is 6.71. The van der Waals surface area contributed by atoms with Crippen LogP contribution in [-0.2, 0) is 14.4 Å². The largest absolute Gasteiger partial charge is 0.497 e. The van der Waals surface area contributed by atoms with E-state index in [-0.39, 0.29) is 35.1 Å². The van der Waals surface area contributed by atoms with Crippen LogP contribution in [0.1, 0.15) is 36.4 Å². The molecule has 0 spiro atoms. The lowest BCUT2D eigenvalue weighted by Gasteiger charge is -2.30. The molecule has 1 saturated carbocycles. The van der Waals surface area contributed by atoms with Crippen molar-refractivity contribution < 1.29 is 23.9 Å². The maximum absolute atomic E-state index is 14.2. The summed E-state index contributed by atoms with van der Waals surface area (Å²) in [6.07, 6.45) is 4.71. The van der Waals surface area contributed by atoms with Crippen molar-refractivity contribution in [3.05, 3.63) is 93.5 Å². The van der Waals surface area contributed by atoms with Gasteiger partial charge in [-0.2, -0.15) is 10.2 Å². The SMILES string of the molecule is COc1ccc(/C=C2/CCC[C@@H]3C2=NN(C(=O)CN2N=N[C@@H]4C(=O)N(c5ccc(Cl)cc5Cl)C(=O)[C@H]42)[C@@H]3c2ccc(OC)cc2)cc1. The fourth-order valence-corrected chi connectivity index (χ4v) is 7.20. The molecule has 1 saturated heterocycles. The molecule has 0 bridgehead atoms. The van der Waals surface area contributed by atoms with Crippen LogP contribution in [0.4, 0.5) is 5.69 Å². The van der Waals surface area contributed by atoms with Crippen LogP contribution in [0.2, 0.25) is 10.0 Å². The first-order valence-corrected chi connectivity index (χ1v) is 15.9. The molecule has 11 nitrogen and oxygen atoms in total. The van der Waals surface area contributed by atoms with Crippen LogP contribution in [0, 0.1) is 5.92 Å². The molecule has 47 heavy (non-hydrogen) atoms. The number of amides is 3. The monoisotopic (exact) mass is 672 g/mol. The Balaban J connectivity index is 1.19. The lowest BCUT2D eigenvalue weighted by atomic mass is 9.77. The molecule has 3 amide bonds. The van der Waals surface area contributed by atoms with Gasteiger partial charge in [0.25, 0.3) is 17.7 Å². The highest BCUT2D eigenvalue weighted by molar-refractivity contribution is 6.38. The number of halogens is 2. The number of imide groups is 1. The Bertz CT molecular complexity index is 1840. The molecule has 0 radical (unpaired) electrons. The van der Waals surface area contributed by atoms with E-state index in [2.05, 4.69) is 16.4 Å². The average molecular weight is 674 g/mol. The van der Waals surface area contributed by atoms with E-state index in [0.29, 0.717) is 10.8 Å². The van der Waals surface area contributed by atoms with Crippen molar-refractivity contribution in [2.75, 3.05) is 25.7 Å². The number of ether oxygens (including phenoxy) is 2. The third-order valence-corrected chi connectivity index (χ3v) is 9.51. The maximum Gasteiger partial charge on any atom is 0.264 e. The third-order valence-electron chi connectivity index (χ3n) is 8.98.